The summed E-state index contributed by atoms with van der Waals surface area (Å²) in [4.78, 5) is 15.0. The first-order valence-electron chi connectivity index (χ1n) is 9.97. The molecule has 9 heteroatoms. The second-order valence-electron chi connectivity index (χ2n) is 7.09. The van der Waals surface area contributed by atoms with Crippen LogP contribution in [0.5, 0.6) is 5.75 Å². The Morgan fingerprint density at radius 1 is 1.23 bits per heavy atom. The number of hydrogen-bond acceptors (Lipinski definition) is 7. The van der Waals surface area contributed by atoms with Crippen molar-refractivity contribution in [3.8, 4) is 5.75 Å². The fraction of sp³-hybridized carbons (Fsp3) is 0.381. The molecule has 1 amide bonds. The summed E-state index contributed by atoms with van der Waals surface area (Å²) in [7, 11) is 1.58. The van der Waals surface area contributed by atoms with E-state index in [0.29, 0.717) is 23.1 Å². The minimum Gasteiger partial charge on any atom is -0.495 e. The van der Waals surface area contributed by atoms with Crippen molar-refractivity contribution in [1.29, 1.82) is 0 Å². The molecule has 0 spiro atoms. The zero-order chi connectivity index (χ0) is 20.9. The van der Waals surface area contributed by atoms with Crippen molar-refractivity contribution < 1.29 is 13.9 Å². The first kappa shape index (κ1) is 20.3. The number of para-hydroxylation sites is 2. The monoisotopic (exact) mass is 427 g/mol. The van der Waals surface area contributed by atoms with Gasteiger partial charge in [0.25, 0.3) is 0 Å². The molecule has 0 saturated carbocycles. The van der Waals surface area contributed by atoms with E-state index in [9.17, 15) is 4.79 Å². The van der Waals surface area contributed by atoms with E-state index in [4.69, 9.17) is 9.15 Å². The van der Waals surface area contributed by atoms with Gasteiger partial charge < -0.3 is 19.4 Å². The Balaban J connectivity index is 1.52. The summed E-state index contributed by atoms with van der Waals surface area (Å²) < 4.78 is 12.9. The highest BCUT2D eigenvalue weighted by molar-refractivity contribution is 8.00. The standard InChI is InChI=1S/C21H25N5O3S/c1-15(19(27)22-17-9-3-4-10-18(17)28-2)30-21-24-23-20(25-11-5-6-12-25)26(21)14-16-8-7-13-29-16/h3-4,7-10,13,15H,5-6,11-12,14H2,1-2H3,(H,22,27). The smallest absolute Gasteiger partial charge is 0.237 e. The van der Waals surface area contributed by atoms with Gasteiger partial charge in [-0.3, -0.25) is 9.36 Å². The number of nitrogens with one attached hydrogen (secondary N) is 1. The Morgan fingerprint density at radius 2 is 2.03 bits per heavy atom. The number of thioether (sulfide) groups is 1. The number of benzene rings is 1. The lowest BCUT2D eigenvalue weighted by atomic mass is 10.3. The molecule has 0 bridgehead atoms. The van der Waals surface area contributed by atoms with Gasteiger partial charge in [-0.2, -0.15) is 0 Å². The molecule has 3 aromatic rings. The Kier molecular flexibility index (Phi) is 6.27. The second kappa shape index (κ2) is 9.25. The van der Waals surface area contributed by atoms with Gasteiger partial charge in [-0.25, -0.2) is 0 Å². The zero-order valence-electron chi connectivity index (χ0n) is 17.1. The summed E-state index contributed by atoms with van der Waals surface area (Å²) in [6.07, 6.45) is 3.95. The van der Waals surface area contributed by atoms with Crippen molar-refractivity contribution in [2.24, 2.45) is 0 Å². The molecule has 1 aromatic carbocycles. The summed E-state index contributed by atoms with van der Waals surface area (Å²) in [5.74, 6) is 2.15. The van der Waals surface area contributed by atoms with Crippen LogP contribution in [0.15, 0.2) is 52.2 Å². The highest BCUT2D eigenvalue weighted by Gasteiger charge is 2.25. The molecule has 158 valence electrons. The van der Waals surface area contributed by atoms with Crippen LogP contribution in [0.2, 0.25) is 0 Å². The third kappa shape index (κ3) is 4.46. The molecule has 2 aromatic heterocycles. The Bertz CT molecular complexity index is 982. The minimum absolute atomic E-state index is 0.125. The number of carbonyl (C=O) groups excluding carboxylic acids is 1. The third-order valence-electron chi connectivity index (χ3n) is 5.00. The quantitative estimate of drug-likeness (QED) is 0.549. The minimum atomic E-state index is -0.374. The van der Waals surface area contributed by atoms with E-state index < -0.39 is 0 Å². The van der Waals surface area contributed by atoms with Gasteiger partial charge in [0.1, 0.15) is 11.5 Å². The molecule has 0 aliphatic carbocycles. The van der Waals surface area contributed by atoms with Crippen molar-refractivity contribution >= 4 is 29.3 Å². The van der Waals surface area contributed by atoms with Crippen molar-refractivity contribution in [2.45, 2.75) is 36.7 Å². The van der Waals surface area contributed by atoms with Crippen LogP contribution in [0.1, 0.15) is 25.5 Å². The Morgan fingerprint density at radius 3 is 2.77 bits per heavy atom. The number of aromatic nitrogens is 3. The maximum atomic E-state index is 12.8. The van der Waals surface area contributed by atoms with Crippen LogP contribution in [0.3, 0.4) is 0 Å². The summed E-state index contributed by atoms with van der Waals surface area (Å²) in [5, 5.41) is 12.1. The van der Waals surface area contributed by atoms with Gasteiger partial charge in [0.2, 0.25) is 11.9 Å². The molecule has 4 rings (SSSR count). The Hall–Kier alpha value is -2.94. The number of hydrogen-bond donors (Lipinski definition) is 1. The predicted octanol–water partition coefficient (Wildman–Crippen LogP) is 3.65. The first-order valence-corrected chi connectivity index (χ1v) is 10.8. The molecular weight excluding hydrogens is 402 g/mol. The topological polar surface area (TPSA) is 85.4 Å². The predicted molar refractivity (Wildman–Crippen MR) is 116 cm³/mol. The van der Waals surface area contributed by atoms with Crippen LogP contribution in [-0.2, 0) is 11.3 Å². The van der Waals surface area contributed by atoms with Gasteiger partial charge >= 0.3 is 0 Å². The fourth-order valence-corrected chi connectivity index (χ4v) is 4.25. The zero-order valence-corrected chi connectivity index (χ0v) is 17.9. The van der Waals surface area contributed by atoms with E-state index in [2.05, 4.69) is 20.4 Å². The molecule has 1 aliphatic rings. The number of ether oxygens (including phenoxy) is 1. The van der Waals surface area contributed by atoms with Crippen LogP contribution < -0.4 is 15.0 Å². The van der Waals surface area contributed by atoms with E-state index in [0.717, 1.165) is 37.6 Å². The van der Waals surface area contributed by atoms with Gasteiger partial charge in [0.15, 0.2) is 5.16 Å². The van der Waals surface area contributed by atoms with E-state index in [1.807, 2.05) is 47.9 Å². The lowest BCUT2D eigenvalue weighted by molar-refractivity contribution is -0.115. The number of carbonyl (C=O) groups is 1. The lowest BCUT2D eigenvalue weighted by Gasteiger charge is -2.18. The maximum absolute atomic E-state index is 12.8. The molecule has 1 unspecified atom stereocenters. The lowest BCUT2D eigenvalue weighted by Crippen LogP contribution is -2.24. The average Bonchev–Trinajstić information content (AvgIpc) is 3.52. The van der Waals surface area contributed by atoms with Gasteiger partial charge in [-0.05, 0) is 44.0 Å². The molecular formula is C21H25N5O3S. The van der Waals surface area contributed by atoms with E-state index >= 15 is 0 Å². The Labute approximate surface area is 179 Å². The fourth-order valence-electron chi connectivity index (χ4n) is 3.41. The normalized spacial score (nSPS) is 14.7. The summed E-state index contributed by atoms with van der Waals surface area (Å²) in [6, 6.07) is 11.2. The molecule has 3 heterocycles. The van der Waals surface area contributed by atoms with Gasteiger partial charge in [-0.1, -0.05) is 23.9 Å². The van der Waals surface area contributed by atoms with Crippen molar-refractivity contribution in [3.05, 3.63) is 48.4 Å². The third-order valence-corrected chi connectivity index (χ3v) is 6.08. The van der Waals surface area contributed by atoms with E-state index in [1.54, 1.807) is 13.4 Å². The number of rotatable bonds is 8. The number of methoxy groups -OCH3 is 1. The van der Waals surface area contributed by atoms with Gasteiger partial charge in [-0.15, -0.1) is 10.2 Å². The number of anilines is 2. The molecule has 0 radical (unpaired) electrons. The number of furan rings is 1. The molecule has 1 aliphatic heterocycles. The molecule has 1 saturated heterocycles. The van der Waals surface area contributed by atoms with Gasteiger partial charge in [0.05, 0.1) is 30.9 Å². The maximum Gasteiger partial charge on any atom is 0.237 e. The number of amides is 1. The second-order valence-corrected chi connectivity index (χ2v) is 8.40. The van der Waals surface area contributed by atoms with Crippen molar-refractivity contribution in [3.63, 3.8) is 0 Å². The van der Waals surface area contributed by atoms with Crippen LogP contribution in [0, 0.1) is 0 Å². The summed E-state index contributed by atoms with van der Waals surface area (Å²) in [5.41, 5.74) is 0.646. The average molecular weight is 428 g/mol. The first-order chi connectivity index (χ1) is 14.7. The van der Waals surface area contributed by atoms with Crippen molar-refractivity contribution in [1.82, 2.24) is 14.8 Å². The molecule has 1 fully saturated rings. The molecule has 8 nitrogen and oxygen atoms in total. The van der Waals surface area contributed by atoms with Crippen LogP contribution >= 0.6 is 11.8 Å². The molecule has 1 N–H and O–H groups in total. The summed E-state index contributed by atoms with van der Waals surface area (Å²) >= 11 is 1.38. The molecule has 30 heavy (non-hydrogen) atoms. The van der Waals surface area contributed by atoms with Crippen molar-refractivity contribution in [2.75, 3.05) is 30.4 Å². The van der Waals surface area contributed by atoms with Crippen LogP contribution in [-0.4, -0.2) is 46.1 Å². The highest BCUT2D eigenvalue weighted by atomic mass is 32.2. The largest absolute Gasteiger partial charge is 0.495 e. The number of nitrogens with zero attached hydrogens (tertiary/aromatic N) is 4. The van der Waals surface area contributed by atoms with E-state index in [-0.39, 0.29) is 11.2 Å². The van der Waals surface area contributed by atoms with Crippen LogP contribution in [0.25, 0.3) is 0 Å². The van der Waals surface area contributed by atoms with Crippen LogP contribution in [0.4, 0.5) is 11.6 Å². The van der Waals surface area contributed by atoms with E-state index in [1.165, 1.54) is 11.8 Å². The van der Waals surface area contributed by atoms with Gasteiger partial charge in [0, 0.05) is 13.1 Å². The highest BCUT2D eigenvalue weighted by Crippen LogP contribution is 2.30. The molecule has 1 atom stereocenters. The SMILES string of the molecule is COc1ccccc1NC(=O)C(C)Sc1nnc(N2CCCC2)n1Cc1ccco1. The summed E-state index contributed by atoms with van der Waals surface area (Å²) in [6.45, 7) is 4.31.